The normalized spacial score (nSPS) is 9.74. The van der Waals surface area contributed by atoms with Gasteiger partial charge in [-0.1, -0.05) is 12.1 Å². The Morgan fingerprint density at radius 3 is 2.96 bits per heavy atom. The standard InChI is InChI=1S/C17H18N4OS/c1-22-16-7-2-6-15(11-16)20-17(23)21(10-4-8-18)13-14-5-3-9-19-12-14/h2-3,5-7,9,11-12H,4,10,13H2,1H3,(H,20,23). The Balaban J connectivity index is 2.08. The van der Waals surface area contributed by atoms with Crippen molar-refractivity contribution < 1.29 is 4.74 Å². The molecular formula is C17H18N4OS. The van der Waals surface area contributed by atoms with Gasteiger partial charge in [-0.15, -0.1) is 0 Å². The molecule has 1 heterocycles. The molecule has 0 unspecified atom stereocenters. The third-order valence-electron chi connectivity index (χ3n) is 3.20. The summed E-state index contributed by atoms with van der Waals surface area (Å²) in [5.41, 5.74) is 1.89. The first-order chi connectivity index (χ1) is 11.2. The second kappa shape index (κ2) is 8.71. The van der Waals surface area contributed by atoms with E-state index in [1.165, 1.54) is 0 Å². The maximum atomic E-state index is 8.85. The Kier molecular flexibility index (Phi) is 6.33. The number of hydrogen-bond donors (Lipinski definition) is 1. The van der Waals surface area contributed by atoms with Gasteiger partial charge in [0.05, 0.1) is 19.6 Å². The van der Waals surface area contributed by atoms with Crippen LogP contribution in [-0.2, 0) is 6.54 Å². The van der Waals surface area contributed by atoms with Crippen molar-refractivity contribution in [1.29, 1.82) is 5.26 Å². The third kappa shape index (κ3) is 5.24. The van der Waals surface area contributed by atoms with Crippen LogP contribution >= 0.6 is 12.2 Å². The molecule has 0 fully saturated rings. The molecule has 0 aliphatic heterocycles. The molecule has 23 heavy (non-hydrogen) atoms. The monoisotopic (exact) mass is 326 g/mol. The van der Waals surface area contributed by atoms with Crippen molar-refractivity contribution in [2.75, 3.05) is 19.0 Å². The number of ether oxygens (including phenoxy) is 1. The van der Waals surface area contributed by atoms with E-state index in [2.05, 4.69) is 16.4 Å². The van der Waals surface area contributed by atoms with E-state index >= 15 is 0 Å². The van der Waals surface area contributed by atoms with Gasteiger partial charge in [-0.3, -0.25) is 4.98 Å². The van der Waals surface area contributed by atoms with Gasteiger partial charge in [0.25, 0.3) is 0 Å². The van der Waals surface area contributed by atoms with Crippen LogP contribution in [-0.4, -0.2) is 28.7 Å². The minimum atomic E-state index is 0.403. The molecule has 2 aromatic rings. The third-order valence-corrected chi connectivity index (χ3v) is 3.56. The zero-order chi connectivity index (χ0) is 16.5. The van der Waals surface area contributed by atoms with Crippen molar-refractivity contribution in [1.82, 2.24) is 9.88 Å². The van der Waals surface area contributed by atoms with Crippen LogP contribution in [0, 0.1) is 11.3 Å². The van der Waals surface area contributed by atoms with Crippen LogP contribution in [0.2, 0.25) is 0 Å². The van der Waals surface area contributed by atoms with Crippen molar-refractivity contribution >= 4 is 23.0 Å². The number of aromatic nitrogens is 1. The number of nitrogens with one attached hydrogen (secondary N) is 1. The van der Waals surface area contributed by atoms with Crippen molar-refractivity contribution in [3.8, 4) is 11.8 Å². The molecular weight excluding hydrogens is 308 g/mol. The lowest BCUT2D eigenvalue weighted by Crippen LogP contribution is -2.35. The van der Waals surface area contributed by atoms with Crippen LogP contribution in [0.1, 0.15) is 12.0 Å². The number of rotatable bonds is 6. The van der Waals surface area contributed by atoms with Crippen molar-refractivity contribution in [2.45, 2.75) is 13.0 Å². The van der Waals surface area contributed by atoms with Crippen molar-refractivity contribution in [3.63, 3.8) is 0 Å². The van der Waals surface area contributed by atoms with Gasteiger partial charge in [0.2, 0.25) is 0 Å². The molecule has 0 spiro atoms. The van der Waals surface area contributed by atoms with Crippen molar-refractivity contribution in [3.05, 3.63) is 54.4 Å². The summed E-state index contributed by atoms with van der Waals surface area (Å²) in [6, 6.07) is 13.6. The lowest BCUT2D eigenvalue weighted by molar-refractivity contribution is 0.415. The van der Waals surface area contributed by atoms with Gasteiger partial charge in [-0.05, 0) is 36.0 Å². The molecule has 0 atom stereocenters. The molecule has 2 rings (SSSR count). The Bertz CT molecular complexity index is 684. The maximum absolute atomic E-state index is 8.85. The Labute approximate surface area is 141 Å². The number of thiocarbonyl (C=S) groups is 1. The highest BCUT2D eigenvalue weighted by Crippen LogP contribution is 2.17. The Morgan fingerprint density at radius 1 is 1.39 bits per heavy atom. The number of nitrogens with zero attached hydrogens (tertiary/aromatic N) is 3. The quantitative estimate of drug-likeness (QED) is 0.823. The largest absolute Gasteiger partial charge is 0.497 e. The highest BCUT2D eigenvalue weighted by Gasteiger charge is 2.11. The number of benzene rings is 1. The molecule has 1 aromatic heterocycles. The highest BCUT2D eigenvalue weighted by atomic mass is 32.1. The van der Waals surface area contributed by atoms with E-state index in [1.54, 1.807) is 19.5 Å². The number of methoxy groups -OCH3 is 1. The summed E-state index contributed by atoms with van der Waals surface area (Å²) in [5.74, 6) is 0.758. The number of pyridine rings is 1. The van der Waals surface area contributed by atoms with E-state index < -0.39 is 0 Å². The maximum Gasteiger partial charge on any atom is 0.173 e. The minimum Gasteiger partial charge on any atom is -0.497 e. The predicted molar refractivity (Wildman–Crippen MR) is 94.1 cm³/mol. The molecule has 6 heteroatoms. The van der Waals surface area contributed by atoms with Gasteiger partial charge in [0.1, 0.15) is 5.75 Å². The average Bonchev–Trinajstić information content (AvgIpc) is 2.59. The molecule has 1 aromatic carbocycles. The molecule has 0 aliphatic carbocycles. The molecule has 0 saturated carbocycles. The van der Waals surface area contributed by atoms with E-state index in [9.17, 15) is 0 Å². The predicted octanol–water partition coefficient (Wildman–Crippen LogP) is 3.20. The fraction of sp³-hybridized carbons (Fsp3) is 0.235. The summed E-state index contributed by atoms with van der Waals surface area (Å²) in [4.78, 5) is 6.07. The first kappa shape index (κ1) is 16.7. The minimum absolute atomic E-state index is 0.403. The zero-order valence-electron chi connectivity index (χ0n) is 12.9. The van der Waals surface area contributed by atoms with Gasteiger partial charge in [0, 0.05) is 37.2 Å². The molecule has 0 radical (unpaired) electrons. The lowest BCUT2D eigenvalue weighted by atomic mass is 10.2. The van der Waals surface area contributed by atoms with Crippen LogP contribution in [0.3, 0.4) is 0 Å². The summed E-state index contributed by atoms with van der Waals surface area (Å²) in [7, 11) is 1.62. The number of anilines is 1. The van der Waals surface area contributed by atoms with Crippen LogP contribution < -0.4 is 10.1 Å². The van der Waals surface area contributed by atoms with Gasteiger partial charge in [0.15, 0.2) is 5.11 Å². The van der Waals surface area contributed by atoms with Gasteiger partial charge >= 0.3 is 0 Å². The van der Waals surface area contributed by atoms with Crippen LogP contribution in [0.25, 0.3) is 0 Å². The lowest BCUT2D eigenvalue weighted by Gasteiger charge is -2.25. The Morgan fingerprint density at radius 2 is 2.26 bits per heavy atom. The van der Waals surface area contributed by atoms with E-state index in [-0.39, 0.29) is 0 Å². The molecule has 5 nitrogen and oxygen atoms in total. The molecule has 118 valence electrons. The van der Waals surface area contributed by atoms with E-state index in [0.717, 1.165) is 17.0 Å². The molecule has 1 N–H and O–H groups in total. The van der Waals surface area contributed by atoms with E-state index in [0.29, 0.717) is 24.6 Å². The fourth-order valence-corrected chi connectivity index (χ4v) is 2.33. The van der Waals surface area contributed by atoms with Crippen LogP contribution in [0.4, 0.5) is 5.69 Å². The molecule has 0 saturated heterocycles. The van der Waals surface area contributed by atoms with Crippen LogP contribution in [0.5, 0.6) is 5.75 Å². The van der Waals surface area contributed by atoms with E-state index in [1.807, 2.05) is 41.3 Å². The topological polar surface area (TPSA) is 61.2 Å². The summed E-state index contributed by atoms with van der Waals surface area (Å²) >= 11 is 5.49. The van der Waals surface area contributed by atoms with Gasteiger partial charge in [-0.2, -0.15) is 5.26 Å². The number of nitriles is 1. The zero-order valence-corrected chi connectivity index (χ0v) is 13.7. The average molecular weight is 326 g/mol. The summed E-state index contributed by atoms with van der Waals surface area (Å²) < 4.78 is 5.21. The SMILES string of the molecule is COc1cccc(NC(=S)N(CCC#N)Cc2cccnc2)c1. The summed E-state index contributed by atoms with van der Waals surface area (Å²) in [5, 5.41) is 12.6. The van der Waals surface area contributed by atoms with Gasteiger partial charge in [-0.25, -0.2) is 0 Å². The van der Waals surface area contributed by atoms with Crippen LogP contribution in [0.15, 0.2) is 48.8 Å². The highest BCUT2D eigenvalue weighted by molar-refractivity contribution is 7.80. The fourth-order valence-electron chi connectivity index (χ4n) is 2.05. The second-order valence-corrected chi connectivity index (χ2v) is 5.24. The smallest absolute Gasteiger partial charge is 0.173 e. The first-order valence-electron chi connectivity index (χ1n) is 7.19. The molecule has 0 bridgehead atoms. The molecule has 0 amide bonds. The second-order valence-electron chi connectivity index (χ2n) is 4.85. The van der Waals surface area contributed by atoms with Gasteiger partial charge < -0.3 is 15.0 Å². The van der Waals surface area contributed by atoms with Crippen molar-refractivity contribution in [2.24, 2.45) is 0 Å². The summed E-state index contributed by atoms with van der Waals surface area (Å²) in [6.45, 7) is 1.16. The first-order valence-corrected chi connectivity index (χ1v) is 7.59. The summed E-state index contributed by atoms with van der Waals surface area (Å²) in [6.07, 6.45) is 3.93. The number of hydrogen-bond acceptors (Lipinski definition) is 4. The Hall–Kier alpha value is -2.65. The molecule has 0 aliphatic rings. The van der Waals surface area contributed by atoms with E-state index in [4.69, 9.17) is 22.2 Å².